The van der Waals surface area contributed by atoms with Crippen LogP contribution in [0.2, 0.25) is 5.15 Å². The molecule has 0 aliphatic heterocycles. The first-order valence-electron chi connectivity index (χ1n) is 5.31. The molecule has 1 aromatic heterocycles. The molecule has 1 rings (SSSR count). The summed E-state index contributed by atoms with van der Waals surface area (Å²) in [5.74, 6) is 0.743. The molecule has 0 unspecified atom stereocenters. The molecule has 0 saturated carbocycles. The molecule has 0 fully saturated rings. The lowest BCUT2D eigenvalue weighted by Crippen LogP contribution is -2.28. The second kappa shape index (κ2) is 7.04. The Bertz CT molecular complexity index is 331. The predicted octanol–water partition coefficient (Wildman–Crippen LogP) is 2.65. The first-order chi connectivity index (χ1) is 7.69. The number of anilines is 1. The van der Waals surface area contributed by atoms with Crippen molar-refractivity contribution in [1.29, 1.82) is 0 Å². The van der Waals surface area contributed by atoms with Gasteiger partial charge in [0, 0.05) is 13.1 Å². The first-order valence-corrected chi connectivity index (χ1v) is 6.48. The molecule has 1 heterocycles. The highest BCUT2D eigenvalue weighted by Gasteiger charge is 2.06. The highest BCUT2D eigenvalue weighted by Crippen LogP contribution is 2.25. The van der Waals surface area contributed by atoms with Crippen molar-refractivity contribution in [3.05, 3.63) is 16.0 Å². The third-order valence-electron chi connectivity index (χ3n) is 2.36. The largest absolute Gasteiger partial charge is 0.368 e. The van der Waals surface area contributed by atoms with Crippen molar-refractivity contribution in [1.82, 2.24) is 14.9 Å². The van der Waals surface area contributed by atoms with E-state index in [1.54, 1.807) is 0 Å². The zero-order valence-electron chi connectivity index (χ0n) is 9.50. The SMILES string of the molecule is CCN(CC)CCNc1ncnc(Cl)c1Br. The highest BCUT2D eigenvalue weighted by molar-refractivity contribution is 9.10. The number of hydrogen-bond donors (Lipinski definition) is 1. The van der Waals surface area contributed by atoms with Crippen LogP contribution >= 0.6 is 27.5 Å². The van der Waals surface area contributed by atoms with Gasteiger partial charge in [0.05, 0.1) is 4.47 Å². The molecule has 0 radical (unpaired) electrons. The number of nitrogens with zero attached hydrogens (tertiary/aromatic N) is 3. The second-order valence-corrected chi connectivity index (χ2v) is 4.43. The van der Waals surface area contributed by atoms with E-state index in [9.17, 15) is 0 Å². The summed E-state index contributed by atoms with van der Waals surface area (Å²) in [7, 11) is 0. The smallest absolute Gasteiger partial charge is 0.148 e. The van der Waals surface area contributed by atoms with E-state index in [0.29, 0.717) is 5.15 Å². The zero-order chi connectivity index (χ0) is 12.0. The van der Waals surface area contributed by atoms with Crippen molar-refractivity contribution in [2.45, 2.75) is 13.8 Å². The Morgan fingerprint density at radius 3 is 2.69 bits per heavy atom. The normalized spacial score (nSPS) is 10.8. The van der Waals surface area contributed by atoms with Gasteiger partial charge in [-0.2, -0.15) is 0 Å². The van der Waals surface area contributed by atoms with Gasteiger partial charge in [-0.05, 0) is 29.0 Å². The van der Waals surface area contributed by atoms with E-state index in [2.05, 4.69) is 50.0 Å². The van der Waals surface area contributed by atoms with Gasteiger partial charge in [0.2, 0.25) is 0 Å². The maximum absolute atomic E-state index is 5.86. The molecular formula is C10H16BrClN4. The molecule has 0 atom stereocenters. The molecule has 16 heavy (non-hydrogen) atoms. The fourth-order valence-corrected chi connectivity index (χ4v) is 1.82. The van der Waals surface area contributed by atoms with Gasteiger partial charge in [0.1, 0.15) is 17.3 Å². The molecule has 1 aromatic rings. The lowest BCUT2D eigenvalue weighted by molar-refractivity contribution is 0.316. The molecular weight excluding hydrogens is 291 g/mol. The number of nitrogens with one attached hydrogen (secondary N) is 1. The molecule has 0 amide bonds. The maximum atomic E-state index is 5.86. The van der Waals surface area contributed by atoms with E-state index in [-0.39, 0.29) is 0 Å². The Morgan fingerprint density at radius 2 is 2.06 bits per heavy atom. The van der Waals surface area contributed by atoms with Crippen LogP contribution in [0.3, 0.4) is 0 Å². The Balaban J connectivity index is 2.46. The van der Waals surface area contributed by atoms with E-state index in [4.69, 9.17) is 11.6 Å². The fraction of sp³-hybridized carbons (Fsp3) is 0.600. The summed E-state index contributed by atoms with van der Waals surface area (Å²) in [5.41, 5.74) is 0. The Morgan fingerprint density at radius 1 is 1.38 bits per heavy atom. The topological polar surface area (TPSA) is 41.0 Å². The summed E-state index contributed by atoms with van der Waals surface area (Å²) in [6.07, 6.45) is 1.45. The van der Waals surface area contributed by atoms with Gasteiger partial charge in [-0.3, -0.25) is 0 Å². The van der Waals surface area contributed by atoms with Crippen LogP contribution in [0.1, 0.15) is 13.8 Å². The van der Waals surface area contributed by atoms with Gasteiger partial charge >= 0.3 is 0 Å². The summed E-state index contributed by atoms with van der Waals surface area (Å²) in [6.45, 7) is 8.25. The third kappa shape index (κ3) is 3.88. The lowest BCUT2D eigenvalue weighted by Gasteiger charge is -2.18. The van der Waals surface area contributed by atoms with Gasteiger partial charge in [-0.15, -0.1) is 0 Å². The average Bonchev–Trinajstić information content (AvgIpc) is 2.30. The van der Waals surface area contributed by atoms with Crippen LogP contribution in [0.25, 0.3) is 0 Å². The third-order valence-corrected chi connectivity index (χ3v) is 3.63. The minimum absolute atomic E-state index is 0.431. The van der Waals surface area contributed by atoms with Crippen molar-refractivity contribution in [3.8, 4) is 0 Å². The molecule has 0 bridgehead atoms. The Labute approximate surface area is 110 Å². The highest BCUT2D eigenvalue weighted by atomic mass is 79.9. The fourth-order valence-electron chi connectivity index (χ4n) is 1.34. The van der Waals surface area contributed by atoms with Gasteiger partial charge in [0.25, 0.3) is 0 Å². The first kappa shape index (κ1) is 13.7. The zero-order valence-corrected chi connectivity index (χ0v) is 11.8. The molecule has 1 N–H and O–H groups in total. The number of aromatic nitrogens is 2. The summed E-state index contributed by atoms with van der Waals surface area (Å²) < 4.78 is 0.719. The number of rotatable bonds is 6. The quantitative estimate of drug-likeness (QED) is 0.820. The standard InChI is InChI=1S/C10H16BrClN4/c1-3-16(4-2)6-5-13-10-8(11)9(12)14-7-15-10/h7H,3-6H2,1-2H3,(H,13,14,15). The predicted molar refractivity (Wildman–Crippen MR) is 71.0 cm³/mol. The maximum Gasteiger partial charge on any atom is 0.148 e. The van der Waals surface area contributed by atoms with Crippen LogP contribution in [0.15, 0.2) is 10.8 Å². The average molecular weight is 308 g/mol. The van der Waals surface area contributed by atoms with Crippen LogP contribution in [0.4, 0.5) is 5.82 Å². The Hall–Kier alpha value is -0.390. The molecule has 90 valence electrons. The Kier molecular flexibility index (Phi) is 6.01. The molecule has 4 nitrogen and oxygen atoms in total. The number of likely N-dealkylation sites (N-methyl/N-ethyl adjacent to an activating group) is 1. The van der Waals surface area contributed by atoms with Crippen LogP contribution < -0.4 is 5.32 Å². The van der Waals surface area contributed by atoms with Gasteiger partial charge < -0.3 is 10.2 Å². The van der Waals surface area contributed by atoms with Gasteiger partial charge in [0.15, 0.2) is 0 Å². The summed E-state index contributed by atoms with van der Waals surface area (Å²) in [5, 5.41) is 3.66. The summed E-state index contributed by atoms with van der Waals surface area (Å²) in [4.78, 5) is 10.3. The molecule has 0 spiro atoms. The van der Waals surface area contributed by atoms with Crippen LogP contribution in [0, 0.1) is 0 Å². The van der Waals surface area contributed by atoms with Crippen LogP contribution in [-0.2, 0) is 0 Å². The number of halogens is 2. The monoisotopic (exact) mass is 306 g/mol. The molecule has 0 aliphatic rings. The van der Waals surface area contributed by atoms with Crippen LogP contribution in [0.5, 0.6) is 0 Å². The van der Waals surface area contributed by atoms with E-state index < -0.39 is 0 Å². The van der Waals surface area contributed by atoms with E-state index in [0.717, 1.165) is 36.5 Å². The number of hydrogen-bond acceptors (Lipinski definition) is 4. The van der Waals surface area contributed by atoms with E-state index in [1.165, 1.54) is 6.33 Å². The van der Waals surface area contributed by atoms with E-state index in [1.807, 2.05) is 0 Å². The van der Waals surface area contributed by atoms with Crippen LogP contribution in [-0.4, -0.2) is 41.0 Å². The minimum atomic E-state index is 0.431. The minimum Gasteiger partial charge on any atom is -0.368 e. The van der Waals surface area contributed by atoms with Crippen molar-refractivity contribution in [3.63, 3.8) is 0 Å². The second-order valence-electron chi connectivity index (χ2n) is 3.28. The van der Waals surface area contributed by atoms with Crippen molar-refractivity contribution >= 4 is 33.3 Å². The molecule has 6 heteroatoms. The van der Waals surface area contributed by atoms with Crippen molar-refractivity contribution < 1.29 is 0 Å². The van der Waals surface area contributed by atoms with Crippen molar-refractivity contribution in [2.75, 3.05) is 31.5 Å². The molecule has 0 aromatic carbocycles. The lowest BCUT2D eigenvalue weighted by atomic mass is 10.4. The van der Waals surface area contributed by atoms with E-state index >= 15 is 0 Å². The van der Waals surface area contributed by atoms with Gasteiger partial charge in [-0.1, -0.05) is 25.4 Å². The summed E-state index contributed by atoms with van der Waals surface area (Å²) in [6, 6.07) is 0. The molecule has 0 aliphatic carbocycles. The van der Waals surface area contributed by atoms with Crippen molar-refractivity contribution in [2.24, 2.45) is 0 Å². The summed E-state index contributed by atoms with van der Waals surface area (Å²) >= 11 is 9.21. The van der Waals surface area contributed by atoms with Gasteiger partial charge in [-0.25, -0.2) is 9.97 Å². The molecule has 0 saturated heterocycles.